The molecule has 0 spiro atoms. The summed E-state index contributed by atoms with van der Waals surface area (Å²) in [6.07, 6.45) is 6.12. The van der Waals surface area contributed by atoms with Crippen LogP contribution in [-0.4, -0.2) is 17.2 Å². The summed E-state index contributed by atoms with van der Waals surface area (Å²) in [4.78, 5) is 10.9. The summed E-state index contributed by atoms with van der Waals surface area (Å²) in [5.74, 6) is -0.171. The van der Waals surface area contributed by atoms with Gasteiger partial charge in [-0.05, 0) is 30.5 Å². The number of hydrogen-bond acceptors (Lipinski definition) is 4. The maximum absolute atomic E-state index is 10.9. The molecule has 3 N–H and O–H groups in total. The predicted octanol–water partition coefficient (Wildman–Crippen LogP) is 0.823. The van der Waals surface area contributed by atoms with E-state index in [0.29, 0.717) is 6.54 Å². The third-order valence-corrected chi connectivity index (χ3v) is 2.25. The second-order valence-electron chi connectivity index (χ2n) is 3.35. The molecule has 0 saturated carbocycles. The molecule has 0 bridgehead atoms. The lowest BCUT2D eigenvalue weighted by molar-refractivity contribution is -0.133. The molecule has 1 aliphatic heterocycles. The number of carboxylic acid groups (broad SMARTS) is 1. The Balaban J connectivity index is 1.97. The van der Waals surface area contributed by atoms with Gasteiger partial charge in [0, 0.05) is 0 Å². The highest BCUT2D eigenvalue weighted by Crippen LogP contribution is 2.07. The van der Waals surface area contributed by atoms with Crippen LogP contribution in [0, 0.1) is 0 Å². The van der Waals surface area contributed by atoms with E-state index >= 15 is 0 Å². The van der Waals surface area contributed by atoms with Crippen molar-refractivity contribution in [1.29, 1.82) is 0 Å². The molecule has 0 radical (unpaired) electrons. The lowest BCUT2D eigenvalue weighted by Gasteiger charge is -2.21. The molecule has 2 heterocycles. The highest BCUT2D eigenvalue weighted by atomic mass is 16.4. The van der Waals surface area contributed by atoms with E-state index in [4.69, 9.17) is 9.52 Å². The van der Waals surface area contributed by atoms with E-state index in [2.05, 4.69) is 10.6 Å². The van der Waals surface area contributed by atoms with E-state index in [0.717, 1.165) is 5.76 Å². The molecule has 0 aliphatic carbocycles. The Labute approximate surface area is 92.5 Å². The van der Waals surface area contributed by atoms with Gasteiger partial charge in [-0.1, -0.05) is 0 Å². The fourth-order valence-electron chi connectivity index (χ4n) is 1.47. The van der Waals surface area contributed by atoms with Crippen molar-refractivity contribution in [1.82, 2.24) is 10.6 Å². The first-order valence-electron chi connectivity index (χ1n) is 4.89. The average Bonchev–Trinajstić information content (AvgIpc) is 2.79. The molecule has 0 amide bonds. The third-order valence-electron chi connectivity index (χ3n) is 2.25. The molecule has 1 aliphatic rings. The van der Waals surface area contributed by atoms with Gasteiger partial charge in [0.15, 0.2) is 0 Å². The van der Waals surface area contributed by atoms with E-state index in [1.54, 1.807) is 30.7 Å². The SMILES string of the molecule is O=C(O)C1=CC=CNC1NCc1ccco1. The molecule has 5 nitrogen and oxygen atoms in total. The monoisotopic (exact) mass is 220 g/mol. The summed E-state index contributed by atoms with van der Waals surface area (Å²) in [5.41, 5.74) is 0.286. The lowest BCUT2D eigenvalue weighted by Crippen LogP contribution is -2.44. The summed E-state index contributed by atoms with van der Waals surface area (Å²) < 4.78 is 5.15. The summed E-state index contributed by atoms with van der Waals surface area (Å²) in [7, 11) is 0. The van der Waals surface area contributed by atoms with Crippen molar-refractivity contribution in [3.05, 3.63) is 48.1 Å². The van der Waals surface area contributed by atoms with Gasteiger partial charge in [-0.15, -0.1) is 0 Å². The van der Waals surface area contributed by atoms with Crippen molar-refractivity contribution in [2.75, 3.05) is 0 Å². The molecular formula is C11H12N2O3. The highest BCUT2D eigenvalue weighted by Gasteiger charge is 2.20. The number of dihydropyridines is 1. The lowest BCUT2D eigenvalue weighted by atomic mass is 10.1. The second kappa shape index (κ2) is 4.67. The van der Waals surface area contributed by atoms with E-state index < -0.39 is 12.1 Å². The number of aliphatic carboxylic acids is 1. The van der Waals surface area contributed by atoms with Crippen molar-refractivity contribution < 1.29 is 14.3 Å². The molecule has 2 rings (SSSR count). The van der Waals surface area contributed by atoms with Gasteiger partial charge in [-0.2, -0.15) is 0 Å². The smallest absolute Gasteiger partial charge is 0.335 e. The minimum atomic E-state index is -0.936. The zero-order valence-electron chi connectivity index (χ0n) is 8.51. The van der Waals surface area contributed by atoms with E-state index in [1.807, 2.05) is 6.07 Å². The summed E-state index contributed by atoms with van der Waals surface area (Å²) in [5, 5.41) is 14.9. The number of carboxylic acids is 1. The predicted molar refractivity (Wildman–Crippen MR) is 57.3 cm³/mol. The average molecular weight is 220 g/mol. The summed E-state index contributed by atoms with van der Waals surface area (Å²) in [6, 6.07) is 3.62. The van der Waals surface area contributed by atoms with Gasteiger partial charge in [0.05, 0.1) is 18.4 Å². The van der Waals surface area contributed by atoms with Crippen LogP contribution in [0.3, 0.4) is 0 Å². The molecule has 0 aromatic carbocycles. The number of allylic oxidation sites excluding steroid dienone is 2. The largest absolute Gasteiger partial charge is 0.478 e. The fourth-order valence-corrected chi connectivity index (χ4v) is 1.47. The minimum absolute atomic E-state index is 0.286. The molecule has 1 aromatic rings. The molecule has 16 heavy (non-hydrogen) atoms. The zero-order valence-corrected chi connectivity index (χ0v) is 8.51. The Morgan fingerprint density at radius 3 is 3.19 bits per heavy atom. The number of carbonyl (C=O) groups is 1. The highest BCUT2D eigenvalue weighted by molar-refractivity contribution is 5.88. The Hall–Kier alpha value is -2.01. The Bertz CT molecular complexity index is 420. The fraction of sp³-hybridized carbons (Fsp3) is 0.182. The van der Waals surface area contributed by atoms with E-state index in [-0.39, 0.29) is 5.57 Å². The summed E-state index contributed by atoms with van der Waals surface area (Å²) in [6.45, 7) is 0.475. The summed E-state index contributed by atoms with van der Waals surface area (Å²) >= 11 is 0. The first kappa shape index (κ1) is 10.5. The molecule has 1 unspecified atom stereocenters. The molecule has 1 aromatic heterocycles. The Morgan fingerprint density at radius 1 is 1.62 bits per heavy atom. The van der Waals surface area contributed by atoms with Crippen molar-refractivity contribution >= 4 is 5.97 Å². The minimum Gasteiger partial charge on any atom is -0.478 e. The molecular weight excluding hydrogens is 208 g/mol. The quantitative estimate of drug-likeness (QED) is 0.700. The van der Waals surface area contributed by atoms with Crippen LogP contribution in [0.15, 0.2) is 46.7 Å². The van der Waals surface area contributed by atoms with Crippen LogP contribution in [0.5, 0.6) is 0 Å². The van der Waals surface area contributed by atoms with E-state index in [1.165, 1.54) is 0 Å². The molecule has 1 atom stereocenters. The van der Waals surface area contributed by atoms with Gasteiger partial charge in [0.1, 0.15) is 11.9 Å². The number of nitrogens with one attached hydrogen (secondary N) is 2. The maximum atomic E-state index is 10.9. The first-order valence-corrected chi connectivity index (χ1v) is 4.89. The van der Waals surface area contributed by atoms with Gasteiger partial charge in [-0.3, -0.25) is 5.32 Å². The van der Waals surface area contributed by atoms with Crippen molar-refractivity contribution in [2.45, 2.75) is 12.7 Å². The van der Waals surface area contributed by atoms with Crippen molar-refractivity contribution in [3.8, 4) is 0 Å². The topological polar surface area (TPSA) is 74.5 Å². The normalized spacial score (nSPS) is 19.0. The number of hydrogen-bond donors (Lipinski definition) is 3. The Kier molecular flexibility index (Phi) is 3.07. The molecule has 84 valence electrons. The van der Waals surface area contributed by atoms with Crippen LogP contribution in [0.2, 0.25) is 0 Å². The van der Waals surface area contributed by atoms with Crippen LogP contribution in [0.1, 0.15) is 5.76 Å². The van der Waals surface area contributed by atoms with Crippen LogP contribution in [0.25, 0.3) is 0 Å². The van der Waals surface area contributed by atoms with Crippen LogP contribution >= 0.6 is 0 Å². The zero-order chi connectivity index (χ0) is 11.4. The van der Waals surface area contributed by atoms with Gasteiger partial charge < -0.3 is 14.8 Å². The second-order valence-corrected chi connectivity index (χ2v) is 3.35. The van der Waals surface area contributed by atoms with E-state index in [9.17, 15) is 4.79 Å². The van der Waals surface area contributed by atoms with Gasteiger partial charge in [0.25, 0.3) is 0 Å². The Morgan fingerprint density at radius 2 is 2.50 bits per heavy atom. The van der Waals surface area contributed by atoms with Gasteiger partial charge in [0.2, 0.25) is 0 Å². The standard InChI is InChI=1S/C11H12N2O3/c14-11(15)9-4-1-5-12-10(9)13-7-8-3-2-6-16-8/h1-6,10,12-13H,7H2,(H,14,15). The van der Waals surface area contributed by atoms with Crippen LogP contribution in [-0.2, 0) is 11.3 Å². The van der Waals surface area contributed by atoms with Crippen molar-refractivity contribution in [3.63, 3.8) is 0 Å². The third kappa shape index (κ3) is 2.32. The number of rotatable bonds is 4. The van der Waals surface area contributed by atoms with Gasteiger partial charge in [-0.25, -0.2) is 4.79 Å². The van der Waals surface area contributed by atoms with Crippen LogP contribution in [0.4, 0.5) is 0 Å². The van der Waals surface area contributed by atoms with Gasteiger partial charge >= 0.3 is 5.97 Å². The maximum Gasteiger partial charge on any atom is 0.335 e. The molecule has 5 heteroatoms. The first-order chi connectivity index (χ1) is 7.77. The van der Waals surface area contributed by atoms with Crippen molar-refractivity contribution in [2.24, 2.45) is 0 Å². The van der Waals surface area contributed by atoms with Crippen LogP contribution < -0.4 is 10.6 Å². The number of furan rings is 1. The molecule has 0 fully saturated rings. The molecule has 0 saturated heterocycles.